The summed E-state index contributed by atoms with van der Waals surface area (Å²) >= 11 is 0. The van der Waals surface area contributed by atoms with Crippen molar-refractivity contribution in [2.75, 3.05) is 33.2 Å². The molecule has 0 saturated carbocycles. The molecule has 4 N–H and O–H groups in total. The fraction of sp³-hybridized carbons (Fsp3) is 0.389. The second-order valence-corrected chi connectivity index (χ2v) is 6.71. The number of urea groups is 1. The van der Waals surface area contributed by atoms with Crippen LogP contribution in [0.4, 0.5) is 9.18 Å². The molecule has 2 aromatic rings. The van der Waals surface area contributed by atoms with E-state index in [1.165, 1.54) is 0 Å². The van der Waals surface area contributed by atoms with Gasteiger partial charge in [0.1, 0.15) is 17.3 Å². The summed E-state index contributed by atoms with van der Waals surface area (Å²) in [6.07, 6.45) is 4.43. The Kier molecular flexibility index (Phi) is 4.66. The summed E-state index contributed by atoms with van der Waals surface area (Å²) in [4.78, 5) is 25.1. The summed E-state index contributed by atoms with van der Waals surface area (Å²) in [7, 11) is 1.63. The Morgan fingerprint density at radius 1 is 1.48 bits per heavy atom. The van der Waals surface area contributed by atoms with Crippen molar-refractivity contribution in [3.63, 3.8) is 0 Å². The third kappa shape index (κ3) is 3.44. The first-order valence-electron chi connectivity index (χ1n) is 8.99. The fourth-order valence-corrected chi connectivity index (χ4v) is 3.49. The molecule has 1 saturated heterocycles. The fourth-order valence-electron chi connectivity index (χ4n) is 3.49. The molecule has 0 aromatic carbocycles. The number of likely N-dealkylation sites (tertiary alicyclic amines) is 1. The number of rotatable bonds is 4. The molecule has 9 heteroatoms. The second-order valence-electron chi connectivity index (χ2n) is 6.71. The Labute approximate surface area is 155 Å². The van der Waals surface area contributed by atoms with Crippen molar-refractivity contribution < 1.29 is 9.18 Å². The first-order chi connectivity index (χ1) is 13.2. The molecule has 0 unspecified atom stereocenters. The van der Waals surface area contributed by atoms with Gasteiger partial charge in [-0.2, -0.15) is 0 Å². The van der Waals surface area contributed by atoms with Crippen LogP contribution in [0.1, 0.15) is 12.0 Å². The van der Waals surface area contributed by atoms with Gasteiger partial charge in [0.2, 0.25) is 0 Å². The van der Waals surface area contributed by atoms with Gasteiger partial charge in [-0.3, -0.25) is 4.99 Å². The van der Waals surface area contributed by atoms with E-state index in [0.717, 1.165) is 29.6 Å². The van der Waals surface area contributed by atoms with Crippen LogP contribution in [-0.2, 0) is 0 Å². The Hall–Kier alpha value is -3.10. The lowest BCUT2D eigenvalue weighted by Crippen LogP contribution is -2.39. The predicted molar refractivity (Wildman–Crippen MR) is 101 cm³/mol. The minimum Gasteiger partial charge on any atom is -0.369 e. The normalized spacial score (nSPS) is 19.9. The average molecular weight is 371 g/mol. The van der Waals surface area contributed by atoms with Gasteiger partial charge in [0, 0.05) is 50.0 Å². The molecular formula is C18H22FN7O. The average Bonchev–Trinajstić information content (AvgIpc) is 3.34. The standard InChI is InChI=1S/C18H22FN7O/c1-20-18(27)26-6-4-11(10-26)7-22-17-14(19)9-24-16(25-17)13-8-23-15-12(13)3-2-5-21-15/h2-3,5,8,11,22H,4,6-7,9-10H2,1H3,(H,20,27)(H,21,23)(H,24,25)/t11-/m1/s1. The van der Waals surface area contributed by atoms with Crippen LogP contribution in [0.5, 0.6) is 0 Å². The number of amides is 2. The zero-order valence-corrected chi connectivity index (χ0v) is 15.1. The summed E-state index contributed by atoms with van der Waals surface area (Å²) in [6, 6.07) is 3.74. The highest BCUT2D eigenvalue weighted by atomic mass is 19.1. The number of aromatic nitrogens is 2. The number of hydrogen-bond donors (Lipinski definition) is 4. The number of carbonyl (C=O) groups is 1. The van der Waals surface area contributed by atoms with Crippen molar-refractivity contribution in [2.45, 2.75) is 6.42 Å². The van der Waals surface area contributed by atoms with Crippen molar-refractivity contribution in [2.24, 2.45) is 10.9 Å². The van der Waals surface area contributed by atoms with Crippen LogP contribution < -0.4 is 16.0 Å². The number of nitrogens with one attached hydrogen (secondary N) is 4. The van der Waals surface area contributed by atoms with E-state index in [1.807, 2.05) is 18.3 Å². The van der Waals surface area contributed by atoms with E-state index >= 15 is 0 Å². The van der Waals surface area contributed by atoms with Crippen LogP contribution >= 0.6 is 0 Å². The van der Waals surface area contributed by atoms with Gasteiger partial charge in [0.15, 0.2) is 5.83 Å². The van der Waals surface area contributed by atoms with E-state index in [0.29, 0.717) is 24.7 Å². The number of aromatic amines is 1. The van der Waals surface area contributed by atoms with Crippen LogP contribution in [0, 0.1) is 5.92 Å². The smallest absolute Gasteiger partial charge is 0.317 e. The van der Waals surface area contributed by atoms with Crippen LogP contribution in [0.15, 0.2) is 41.2 Å². The van der Waals surface area contributed by atoms with E-state index in [-0.39, 0.29) is 24.3 Å². The Morgan fingerprint density at radius 2 is 2.37 bits per heavy atom. The minimum atomic E-state index is -0.321. The zero-order chi connectivity index (χ0) is 18.8. The highest BCUT2D eigenvalue weighted by molar-refractivity contribution is 6.09. The third-order valence-electron chi connectivity index (χ3n) is 4.95. The lowest BCUT2D eigenvalue weighted by atomic mass is 10.1. The van der Waals surface area contributed by atoms with Crippen molar-refractivity contribution in [3.05, 3.63) is 41.7 Å². The first-order valence-corrected chi connectivity index (χ1v) is 8.99. The highest BCUT2D eigenvalue weighted by Gasteiger charge is 2.26. The first kappa shape index (κ1) is 17.3. The van der Waals surface area contributed by atoms with Crippen LogP contribution in [0.2, 0.25) is 0 Å². The van der Waals surface area contributed by atoms with Crippen LogP contribution in [-0.4, -0.2) is 60.0 Å². The van der Waals surface area contributed by atoms with Crippen molar-refractivity contribution in [3.8, 4) is 0 Å². The predicted octanol–water partition coefficient (Wildman–Crippen LogP) is 1.30. The number of H-pyrrole nitrogens is 1. The Morgan fingerprint density at radius 3 is 3.22 bits per heavy atom. The van der Waals surface area contributed by atoms with Crippen molar-refractivity contribution >= 4 is 22.9 Å². The topological polar surface area (TPSA) is 97.4 Å². The zero-order valence-electron chi connectivity index (χ0n) is 15.1. The summed E-state index contributed by atoms with van der Waals surface area (Å²) < 4.78 is 14.3. The van der Waals surface area contributed by atoms with Gasteiger partial charge >= 0.3 is 6.03 Å². The van der Waals surface area contributed by atoms with Gasteiger partial charge in [0.05, 0.1) is 6.54 Å². The second kappa shape index (κ2) is 7.26. The number of nitrogens with zero attached hydrogens (tertiary/aromatic N) is 3. The number of hydrogen-bond acceptors (Lipinski definition) is 5. The maximum absolute atomic E-state index is 14.3. The number of fused-ring (bicyclic) bond motifs is 1. The lowest BCUT2D eigenvalue weighted by Gasteiger charge is -2.21. The number of halogens is 1. The van der Waals surface area contributed by atoms with Gasteiger partial charge in [-0.1, -0.05) is 0 Å². The molecule has 2 aliphatic rings. The quantitative estimate of drug-likeness (QED) is 0.651. The molecule has 1 atom stereocenters. The molecule has 0 radical (unpaired) electrons. The van der Waals surface area contributed by atoms with Crippen molar-refractivity contribution in [1.29, 1.82) is 0 Å². The van der Waals surface area contributed by atoms with Gasteiger partial charge in [-0.05, 0) is 24.5 Å². The summed E-state index contributed by atoms with van der Waals surface area (Å²) in [6.45, 7) is 1.96. The van der Waals surface area contributed by atoms with Crippen LogP contribution in [0.3, 0.4) is 0 Å². The largest absolute Gasteiger partial charge is 0.369 e. The summed E-state index contributed by atoms with van der Waals surface area (Å²) in [5, 5.41) is 9.80. The van der Waals surface area contributed by atoms with E-state index < -0.39 is 0 Å². The number of carbonyl (C=O) groups excluding carboxylic acids is 1. The number of aliphatic imine (C=N–C) groups is 1. The molecule has 0 spiro atoms. The Bertz CT molecular complexity index is 919. The molecule has 1 fully saturated rings. The maximum Gasteiger partial charge on any atom is 0.317 e. The molecule has 2 aliphatic heterocycles. The highest BCUT2D eigenvalue weighted by Crippen LogP contribution is 2.20. The van der Waals surface area contributed by atoms with Gasteiger partial charge in [0.25, 0.3) is 0 Å². The molecular weight excluding hydrogens is 349 g/mol. The van der Waals surface area contributed by atoms with Crippen molar-refractivity contribution in [1.82, 2.24) is 30.8 Å². The van der Waals surface area contributed by atoms with Gasteiger partial charge in [-0.25, -0.2) is 14.2 Å². The lowest BCUT2D eigenvalue weighted by molar-refractivity contribution is 0.209. The molecule has 2 aromatic heterocycles. The van der Waals surface area contributed by atoms with E-state index in [9.17, 15) is 9.18 Å². The third-order valence-corrected chi connectivity index (χ3v) is 4.95. The van der Waals surface area contributed by atoms with E-state index in [1.54, 1.807) is 18.1 Å². The molecule has 27 heavy (non-hydrogen) atoms. The minimum absolute atomic E-state index is 0.00731. The molecule has 8 nitrogen and oxygen atoms in total. The van der Waals surface area contributed by atoms with Gasteiger partial charge in [-0.15, -0.1) is 0 Å². The molecule has 0 aliphatic carbocycles. The van der Waals surface area contributed by atoms with Crippen LogP contribution in [0.25, 0.3) is 11.0 Å². The van der Waals surface area contributed by atoms with E-state index in [2.05, 4.69) is 30.9 Å². The van der Waals surface area contributed by atoms with E-state index in [4.69, 9.17) is 0 Å². The summed E-state index contributed by atoms with van der Waals surface area (Å²) in [5.41, 5.74) is 1.62. The molecule has 4 heterocycles. The molecule has 4 rings (SSSR count). The number of pyridine rings is 1. The molecule has 2 amide bonds. The SMILES string of the molecule is CNC(=O)N1CC[C@H](CNC2=C(F)CN=C(c3c[nH]c4ncccc34)N2)C1. The number of amidine groups is 1. The monoisotopic (exact) mass is 371 g/mol. The maximum atomic E-state index is 14.3. The molecule has 0 bridgehead atoms. The van der Waals surface area contributed by atoms with Gasteiger partial charge < -0.3 is 25.8 Å². The summed E-state index contributed by atoms with van der Waals surface area (Å²) in [5.74, 6) is 0.912. The Balaban J connectivity index is 1.40. The molecule has 142 valence electrons.